The van der Waals surface area contributed by atoms with E-state index in [9.17, 15) is 18.4 Å². The second-order valence-electron chi connectivity index (χ2n) is 5.27. The molecule has 1 aliphatic rings. The summed E-state index contributed by atoms with van der Waals surface area (Å²) < 4.78 is 39.3. The van der Waals surface area contributed by atoms with Gasteiger partial charge in [-0.2, -0.15) is 18.4 Å². The summed E-state index contributed by atoms with van der Waals surface area (Å²) in [5, 5.41) is 19.2. The fourth-order valence-corrected chi connectivity index (χ4v) is 2.52. The summed E-state index contributed by atoms with van der Waals surface area (Å²) in [7, 11) is 0. The van der Waals surface area contributed by atoms with Gasteiger partial charge >= 0.3 is 6.18 Å². The van der Waals surface area contributed by atoms with E-state index in [4.69, 9.17) is 0 Å². The van der Waals surface area contributed by atoms with Crippen LogP contribution in [0.3, 0.4) is 0 Å². The molecule has 0 fully saturated rings. The maximum Gasteiger partial charge on any atom is 0.451 e. The van der Waals surface area contributed by atoms with Gasteiger partial charge in [-0.3, -0.25) is 10.2 Å². The third-order valence-electron chi connectivity index (χ3n) is 3.44. The Labute approximate surface area is 120 Å². The van der Waals surface area contributed by atoms with Crippen LogP contribution in [-0.4, -0.2) is 44.8 Å². The fraction of sp³-hybridized carbons (Fsp3) is 0.750. The standard InChI is InChI=1S/C12H17F3N6/c1-3-17-11(2,7-16)8-20-4-5-21-9(6-20)18-19-10(21)12(13,14)15/h17H,3-6,8H2,1-2H3. The van der Waals surface area contributed by atoms with E-state index in [1.54, 1.807) is 6.92 Å². The Morgan fingerprint density at radius 3 is 2.62 bits per heavy atom. The van der Waals surface area contributed by atoms with E-state index in [2.05, 4.69) is 21.6 Å². The summed E-state index contributed by atoms with van der Waals surface area (Å²) in [5.41, 5.74) is -0.732. The topological polar surface area (TPSA) is 69.8 Å². The van der Waals surface area contributed by atoms with Crippen LogP contribution in [0.25, 0.3) is 0 Å². The largest absolute Gasteiger partial charge is 0.451 e. The van der Waals surface area contributed by atoms with Crippen molar-refractivity contribution in [3.05, 3.63) is 11.6 Å². The summed E-state index contributed by atoms with van der Waals surface area (Å²) in [4.78, 5) is 1.91. The second kappa shape index (κ2) is 5.61. The van der Waals surface area contributed by atoms with Crippen molar-refractivity contribution in [1.29, 1.82) is 5.26 Å². The van der Waals surface area contributed by atoms with Crippen LogP contribution in [0.4, 0.5) is 13.2 Å². The van der Waals surface area contributed by atoms with E-state index in [1.165, 1.54) is 0 Å². The fourth-order valence-electron chi connectivity index (χ4n) is 2.52. The molecule has 0 radical (unpaired) electrons. The second-order valence-corrected chi connectivity index (χ2v) is 5.27. The number of halogens is 3. The molecule has 9 heteroatoms. The zero-order valence-electron chi connectivity index (χ0n) is 11.9. The maximum atomic E-state index is 12.7. The predicted molar refractivity (Wildman–Crippen MR) is 68.0 cm³/mol. The minimum atomic E-state index is -4.49. The Bertz CT molecular complexity index is 546. The molecule has 1 aromatic heterocycles. The molecular formula is C12H17F3N6. The number of nitrogens with zero attached hydrogens (tertiary/aromatic N) is 5. The number of likely N-dealkylation sites (N-methyl/N-ethyl adjacent to an activating group) is 1. The normalized spacial score (nSPS) is 18.9. The number of hydrogen-bond acceptors (Lipinski definition) is 5. The Balaban J connectivity index is 2.11. The molecule has 0 spiro atoms. The van der Waals surface area contributed by atoms with E-state index in [0.717, 1.165) is 4.57 Å². The minimum Gasteiger partial charge on any atom is -0.305 e. The van der Waals surface area contributed by atoms with Gasteiger partial charge < -0.3 is 4.57 Å². The summed E-state index contributed by atoms with van der Waals surface area (Å²) in [6.45, 7) is 5.60. The van der Waals surface area contributed by atoms with Gasteiger partial charge in [0.2, 0.25) is 5.82 Å². The molecule has 0 saturated heterocycles. The van der Waals surface area contributed by atoms with E-state index in [0.29, 0.717) is 19.6 Å². The van der Waals surface area contributed by atoms with Crippen LogP contribution in [0.15, 0.2) is 0 Å². The third kappa shape index (κ3) is 3.33. The first-order valence-electron chi connectivity index (χ1n) is 6.67. The predicted octanol–water partition coefficient (Wildman–Crippen LogP) is 1.00. The van der Waals surface area contributed by atoms with E-state index in [-0.39, 0.29) is 18.9 Å². The first-order chi connectivity index (χ1) is 9.79. The Hall–Kier alpha value is -1.66. The molecule has 2 rings (SSSR count). The molecule has 116 valence electrons. The van der Waals surface area contributed by atoms with Crippen molar-refractivity contribution in [2.75, 3.05) is 19.6 Å². The zero-order valence-corrected chi connectivity index (χ0v) is 11.9. The van der Waals surface area contributed by atoms with E-state index >= 15 is 0 Å². The molecule has 6 nitrogen and oxygen atoms in total. The summed E-state index contributed by atoms with van der Waals surface area (Å²) >= 11 is 0. The number of aromatic nitrogens is 3. The third-order valence-corrected chi connectivity index (χ3v) is 3.44. The van der Waals surface area contributed by atoms with Gasteiger partial charge in [0, 0.05) is 19.6 Å². The highest BCUT2D eigenvalue weighted by Crippen LogP contribution is 2.29. The first kappa shape index (κ1) is 15.7. The van der Waals surface area contributed by atoms with Gasteiger partial charge in [-0.05, 0) is 13.5 Å². The summed E-state index contributed by atoms with van der Waals surface area (Å²) in [6, 6.07) is 2.20. The molecule has 1 aliphatic heterocycles. The molecule has 0 bridgehead atoms. The van der Waals surface area contributed by atoms with Gasteiger partial charge in [0.25, 0.3) is 0 Å². The molecule has 1 unspecified atom stereocenters. The SMILES string of the molecule is CCNC(C)(C#N)CN1CCn2c(nnc2C(F)(F)F)C1. The molecular weight excluding hydrogens is 285 g/mol. The molecule has 1 N–H and O–H groups in total. The number of rotatable bonds is 4. The van der Waals surface area contributed by atoms with Crippen molar-refractivity contribution in [1.82, 2.24) is 25.0 Å². The quantitative estimate of drug-likeness (QED) is 0.898. The summed E-state index contributed by atoms with van der Waals surface area (Å²) in [6.07, 6.45) is -4.49. The van der Waals surface area contributed by atoms with Crippen molar-refractivity contribution in [3.63, 3.8) is 0 Å². The Morgan fingerprint density at radius 2 is 2.05 bits per heavy atom. The van der Waals surface area contributed by atoms with Crippen molar-refractivity contribution >= 4 is 0 Å². The first-order valence-corrected chi connectivity index (χ1v) is 6.67. The van der Waals surface area contributed by atoms with Crippen LogP contribution in [0.1, 0.15) is 25.5 Å². The zero-order chi connectivity index (χ0) is 15.7. The van der Waals surface area contributed by atoms with Crippen LogP contribution < -0.4 is 5.32 Å². The lowest BCUT2D eigenvalue weighted by Crippen LogP contribution is -2.51. The molecule has 0 aliphatic carbocycles. The van der Waals surface area contributed by atoms with Gasteiger partial charge in [0.15, 0.2) is 0 Å². The van der Waals surface area contributed by atoms with Gasteiger partial charge in [-0.15, -0.1) is 10.2 Å². The number of hydrogen-bond donors (Lipinski definition) is 1. The monoisotopic (exact) mass is 302 g/mol. The van der Waals surface area contributed by atoms with Crippen LogP contribution >= 0.6 is 0 Å². The Morgan fingerprint density at radius 1 is 1.33 bits per heavy atom. The van der Waals surface area contributed by atoms with Crippen molar-refractivity contribution < 1.29 is 13.2 Å². The molecule has 0 aromatic carbocycles. The van der Waals surface area contributed by atoms with Crippen LogP contribution in [0, 0.1) is 11.3 Å². The lowest BCUT2D eigenvalue weighted by molar-refractivity contribution is -0.148. The highest BCUT2D eigenvalue weighted by Gasteiger charge is 2.40. The number of nitriles is 1. The average molecular weight is 302 g/mol. The van der Waals surface area contributed by atoms with Crippen molar-refractivity contribution in [2.45, 2.75) is 38.7 Å². The molecule has 1 atom stereocenters. The smallest absolute Gasteiger partial charge is 0.305 e. The molecule has 2 heterocycles. The van der Waals surface area contributed by atoms with Gasteiger partial charge in [0.05, 0.1) is 12.6 Å². The molecule has 1 aromatic rings. The highest BCUT2D eigenvalue weighted by atomic mass is 19.4. The number of nitrogens with one attached hydrogen (secondary N) is 1. The van der Waals surface area contributed by atoms with Crippen LogP contribution in [-0.2, 0) is 19.3 Å². The van der Waals surface area contributed by atoms with Gasteiger partial charge in [0.1, 0.15) is 11.4 Å². The maximum absolute atomic E-state index is 12.7. The molecule has 21 heavy (non-hydrogen) atoms. The minimum absolute atomic E-state index is 0.171. The van der Waals surface area contributed by atoms with Gasteiger partial charge in [-0.25, -0.2) is 0 Å². The number of fused-ring (bicyclic) bond motifs is 1. The van der Waals surface area contributed by atoms with Crippen LogP contribution in [0.5, 0.6) is 0 Å². The van der Waals surface area contributed by atoms with E-state index in [1.807, 2.05) is 11.8 Å². The lowest BCUT2D eigenvalue weighted by atomic mass is 10.0. The summed E-state index contributed by atoms with van der Waals surface area (Å²) in [5.74, 6) is -0.669. The molecule has 0 amide bonds. The number of alkyl halides is 3. The van der Waals surface area contributed by atoms with E-state index < -0.39 is 17.5 Å². The Kier molecular flexibility index (Phi) is 4.20. The van der Waals surface area contributed by atoms with Crippen LogP contribution in [0.2, 0.25) is 0 Å². The van der Waals surface area contributed by atoms with Crippen molar-refractivity contribution in [2.24, 2.45) is 0 Å². The lowest BCUT2D eigenvalue weighted by Gasteiger charge is -2.33. The van der Waals surface area contributed by atoms with Gasteiger partial charge in [-0.1, -0.05) is 6.92 Å². The average Bonchev–Trinajstić information content (AvgIpc) is 2.81. The highest BCUT2D eigenvalue weighted by molar-refractivity contribution is 5.08. The van der Waals surface area contributed by atoms with Crippen molar-refractivity contribution in [3.8, 4) is 6.07 Å². The molecule has 0 saturated carbocycles.